The predicted molar refractivity (Wildman–Crippen MR) is 120 cm³/mol. The molecule has 1 saturated heterocycles. The van der Waals surface area contributed by atoms with Gasteiger partial charge >= 0.3 is 0 Å². The van der Waals surface area contributed by atoms with Crippen molar-refractivity contribution in [3.05, 3.63) is 46.4 Å². The number of thiazole rings is 1. The lowest BCUT2D eigenvalue weighted by atomic mass is 9.87. The third-order valence-electron chi connectivity index (χ3n) is 6.08. The average Bonchev–Trinajstić information content (AvgIpc) is 3.18. The van der Waals surface area contributed by atoms with E-state index in [-0.39, 0.29) is 31.0 Å². The van der Waals surface area contributed by atoms with E-state index in [2.05, 4.69) is 15.3 Å². The minimum Gasteiger partial charge on any atom is -0.486 e. The van der Waals surface area contributed by atoms with Gasteiger partial charge in [0.1, 0.15) is 13.2 Å². The fourth-order valence-corrected chi connectivity index (χ4v) is 5.04. The number of hydrogen-bond acceptors (Lipinski definition) is 7. The average molecular weight is 477 g/mol. The number of hydrogen-bond donors (Lipinski definition) is 2. The summed E-state index contributed by atoms with van der Waals surface area (Å²) >= 11 is 1.31. The van der Waals surface area contributed by atoms with Gasteiger partial charge in [0.05, 0.1) is 22.2 Å². The number of halogens is 2. The zero-order valence-electron chi connectivity index (χ0n) is 17.8. The largest absolute Gasteiger partial charge is 0.486 e. The monoisotopic (exact) mass is 476 g/mol. The van der Waals surface area contributed by atoms with E-state index in [9.17, 15) is 18.4 Å². The molecule has 0 spiro atoms. The van der Waals surface area contributed by atoms with Gasteiger partial charge in [-0.1, -0.05) is 17.4 Å². The molecule has 33 heavy (non-hydrogen) atoms. The molecule has 11 heteroatoms. The number of carbonyl (C=O) groups is 1. The summed E-state index contributed by atoms with van der Waals surface area (Å²) in [7, 11) is 0. The van der Waals surface area contributed by atoms with Crippen molar-refractivity contribution in [3.63, 3.8) is 0 Å². The van der Waals surface area contributed by atoms with Gasteiger partial charge < -0.3 is 19.8 Å². The third kappa shape index (κ3) is 4.30. The van der Waals surface area contributed by atoms with E-state index in [0.29, 0.717) is 40.9 Å². The second-order valence-corrected chi connectivity index (χ2v) is 9.22. The molecular formula is C22H22F2N4O4S. The third-order valence-corrected chi connectivity index (χ3v) is 7.01. The number of likely N-dealkylation sites (tertiary alicyclic amines) is 1. The molecule has 2 aliphatic heterocycles. The molecule has 4 heterocycles. The molecule has 1 aromatic carbocycles. The lowest BCUT2D eigenvalue weighted by Crippen LogP contribution is -2.52. The van der Waals surface area contributed by atoms with Gasteiger partial charge in [0.15, 0.2) is 16.6 Å². The van der Waals surface area contributed by atoms with Crippen LogP contribution in [-0.2, 0) is 4.79 Å². The Morgan fingerprint density at radius 2 is 2.06 bits per heavy atom. The number of benzene rings is 1. The molecule has 3 aromatic rings. The first-order valence-corrected chi connectivity index (χ1v) is 11.4. The summed E-state index contributed by atoms with van der Waals surface area (Å²) in [6, 6.07) is 5.63. The smallest absolute Gasteiger partial charge is 0.257 e. The van der Waals surface area contributed by atoms with E-state index in [1.807, 2.05) is 6.07 Å². The summed E-state index contributed by atoms with van der Waals surface area (Å²) in [5.74, 6) is -3.11. The Labute approximate surface area is 191 Å². The summed E-state index contributed by atoms with van der Waals surface area (Å²) in [6.45, 7) is 2.72. The SMILES string of the molecule is CC(C(=O)Nc1nc2cc3c(cc2s1)OCCO3)N1CCC(F)(F)C(c2ccc(=O)[nH]c2)C1. The van der Waals surface area contributed by atoms with Crippen LogP contribution in [0.5, 0.6) is 11.5 Å². The fraction of sp³-hybridized carbons (Fsp3) is 0.409. The molecule has 0 aliphatic carbocycles. The Morgan fingerprint density at radius 3 is 2.79 bits per heavy atom. The molecule has 5 rings (SSSR count). The summed E-state index contributed by atoms with van der Waals surface area (Å²) < 4.78 is 41.3. The number of amides is 1. The molecule has 8 nitrogen and oxygen atoms in total. The van der Waals surface area contributed by atoms with E-state index in [1.165, 1.54) is 29.7 Å². The van der Waals surface area contributed by atoms with Crippen LogP contribution in [-0.4, -0.2) is 59.0 Å². The van der Waals surface area contributed by atoms with Crippen LogP contribution in [0.15, 0.2) is 35.3 Å². The van der Waals surface area contributed by atoms with E-state index in [1.54, 1.807) is 17.9 Å². The van der Waals surface area contributed by atoms with Gasteiger partial charge in [-0.25, -0.2) is 13.8 Å². The van der Waals surface area contributed by atoms with Crippen molar-refractivity contribution in [1.82, 2.24) is 14.9 Å². The van der Waals surface area contributed by atoms with Gasteiger partial charge in [-0.05, 0) is 12.5 Å². The first kappa shape index (κ1) is 21.8. The number of fused-ring (bicyclic) bond motifs is 2. The highest BCUT2D eigenvalue weighted by molar-refractivity contribution is 7.22. The summed E-state index contributed by atoms with van der Waals surface area (Å²) in [6.07, 6.45) is 0.949. The highest BCUT2D eigenvalue weighted by atomic mass is 32.1. The van der Waals surface area contributed by atoms with E-state index < -0.39 is 17.9 Å². The Kier molecular flexibility index (Phi) is 5.53. The Hall–Kier alpha value is -3.05. The van der Waals surface area contributed by atoms with E-state index >= 15 is 0 Å². The number of pyridine rings is 1. The number of nitrogens with zero attached hydrogens (tertiary/aromatic N) is 2. The second-order valence-electron chi connectivity index (χ2n) is 8.19. The predicted octanol–water partition coefficient (Wildman–Crippen LogP) is 3.21. The van der Waals surface area contributed by atoms with Crippen LogP contribution in [0.3, 0.4) is 0 Å². The molecule has 2 unspecified atom stereocenters. The number of piperidine rings is 1. The van der Waals surface area contributed by atoms with Crippen LogP contribution < -0.4 is 20.3 Å². The van der Waals surface area contributed by atoms with Crippen LogP contribution in [0.4, 0.5) is 13.9 Å². The van der Waals surface area contributed by atoms with Crippen LogP contribution >= 0.6 is 11.3 Å². The zero-order valence-corrected chi connectivity index (χ0v) is 18.6. The number of rotatable bonds is 4. The summed E-state index contributed by atoms with van der Waals surface area (Å²) in [5.41, 5.74) is 0.678. The fourth-order valence-electron chi connectivity index (χ4n) is 4.16. The first-order chi connectivity index (χ1) is 15.8. The second kappa shape index (κ2) is 8.38. The van der Waals surface area contributed by atoms with Gasteiger partial charge in [0, 0.05) is 43.9 Å². The number of carbonyl (C=O) groups excluding carboxylic acids is 1. The summed E-state index contributed by atoms with van der Waals surface area (Å²) in [5, 5.41) is 3.23. The number of aromatic amines is 1. The number of anilines is 1. The van der Waals surface area contributed by atoms with Crippen molar-refractivity contribution >= 4 is 32.6 Å². The molecule has 0 bridgehead atoms. The molecular weight excluding hydrogens is 454 g/mol. The maximum absolute atomic E-state index is 14.6. The quantitative estimate of drug-likeness (QED) is 0.600. The minimum absolute atomic E-state index is 0.00509. The van der Waals surface area contributed by atoms with Gasteiger partial charge in [-0.3, -0.25) is 14.5 Å². The van der Waals surface area contributed by atoms with Crippen molar-refractivity contribution in [2.75, 3.05) is 31.6 Å². The van der Waals surface area contributed by atoms with Crippen LogP contribution in [0.1, 0.15) is 24.8 Å². The molecule has 2 atom stereocenters. The lowest BCUT2D eigenvalue weighted by Gasteiger charge is -2.40. The maximum atomic E-state index is 14.6. The first-order valence-electron chi connectivity index (χ1n) is 10.6. The minimum atomic E-state index is -2.93. The molecule has 2 aliphatic rings. The molecule has 2 N–H and O–H groups in total. The highest BCUT2D eigenvalue weighted by Crippen LogP contribution is 2.41. The van der Waals surface area contributed by atoms with Gasteiger partial charge in [-0.2, -0.15) is 0 Å². The Morgan fingerprint density at radius 1 is 1.30 bits per heavy atom. The maximum Gasteiger partial charge on any atom is 0.257 e. The molecule has 1 amide bonds. The van der Waals surface area contributed by atoms with Crippen molar-refractivity contribution in [1.29, 1.82) is 0 Å². The molecule has 2 aromatic heterocycles. The molecule has 0 radical (unpaired) electrons. The Balaban J connectivity index is 1.30. The van der Waals surface area contributed by atoms with Crippen molar-refractivity contribution < 1.29 is 23.0 Å². The van der Waals surface area contributed by atoms with E-state index in [4.69, 9.17) is 9.47 Å². The number of nitrogens with one attached hydrogen (secondary N) is 2. The van der Waals surface area contributed by atoms with Crippen molar-refractivity contribution in [2.45, 2.75) is 31.2 Å². The van der Waals surface area contributed by atoms with Crippen molar-refractivity contribution in [3.8, 4) is 11.5 Å². The normalized spacial score (nSPS) is 21.0. The topological polar surface area (TPSA) is 96.6 Å². The number of aromatic nitrogens is 2. The van der Waals surface area contributed by atoms with Crippen LogP contribution in [0.25, 0.3) is 10.2 Å². The van der Waals surface area contributed by atoms with Crippen LogP contribution in [0.2, 0.25) is 0 Å². The molecule has 174 valence electrons. The highest BCUT2D eigenvalue weighted by Gasteiger charge is 2.46. The van der Waals surface area contributed by atoms with Gasteiger partial charge in [-0.15, -0.1) is 0 Å². The number of alkyl halides is 2. The standard InChI is InChI=1S/C22H22F2N4O4S/c1-12(28-5-4-22(23,24)14(11-28)13-2-3-19(29)25-10-13)20(30)27-21-26-15-8-16-17(9-18(15)33-21)32-7-6-31-16/h2-3,8-10,12,14H,4-7,11H2,1H3,(H,25,29)(H,26,27,30). The van der Waals surface area contributed by atoms with Gasteiger partial charge in [0.25, 0.3) is 5.92 Å². The van der Waals surface area contributed by atoms with Crippen LogP contribution in [0, 0.1) is 0 Å². The van der Waals surface area contributed by atoms with Gasteiger partial charge in [0.2, 0.25) is 11.5 Å². The zero-order chi connectivity index (χ0) is 23.2. The van der Waals surface area contributed by atoms with Crippen molar-refractivity contribution in [2.24, 2.45) is 0 Å². The molecule has 1 fully saturated rings. The molecule has 0 saturated carbocycles. The lowest BCUT2D eigenvalue weighted by molar-refractivity contribution is -0.125. The Bertz CT molecular complexity index is 1200. The summed E-state index contributed by atoms with van der Waals surface area (Å²) in [4.78, 5) is 32.9. The number of ether oxygens (including phenoxy) is 2. The number of H-pyrrole nitrogens is 1. The van der Waals surface area contributed by atoms with E-state index in [0.717, 1.165) is 4.70 Å².